The first-order chi connectivity index (χ1) is 57.0. The van der Waals surface area contributed by atoms with Gasteiger partial charge in [-0.25, -0.2) is 9.97 Å². The summed E-state index contributed by atoms with van der Waals surface area (Å²) in [6.45, 7) is 11.7. The van der Waals surface area contributed by atoms with Gasteiger partial charge < -0.3 is 52.1 Å². The summed E-state index contributed by atoms with van der Waals surface area (Å²) in [7, 11) is 0. The Hall–Kier alpha value is -13.2. The fourth-order valence-electron chi connectivity index (χ4n) is 14.2. The first-order valence-corrected chi connectivity index (χ1v) is 39.2. The second kappa shape index (κ2) is 34.1. The molecule has 9 heterocycles. The van der Waals surface area contributed by atoms with E-state index >= 15 is 0 Å². The number of aliphatic hydroxyl groups is 1. The summed E-state index contributed by atoms with van der Waals surface area (Å²) in [5.41, 5.74) is 11.8. The molecule has 0 amide bonds. The van der Waals surface area contributed by atoms with Crippen LogP contribution in [0.3, 0.4) is 0 Å². The second-order valence-corrected chi connectivity index (χ2v) is 28.9. The lowest BCUT2D eigenvalue weighted by Crippen LogP contribution is -2.26. The Balaban J connectivity index is 0.000000117. The number of ether oxygens (including phenoxy) is 4. The van der Waals surface area contributed by atoms with E-state index < -0.39 is 22.1 Å². The lowest BCUT2D eigenvalue weighted by atomic mass is 10.0. The standard InChI is InChI=1S/C25H29N3O4.C23H13F3N2OS.C20H11F3N4OS.C19H18N4O3/c1-3-30-22-11-8-16(14-23(22)31-4-2)25-26-24(27-32-25)20-7-5-6-19-18(20)9-10-21(19)28-13-12-17(29)15-28;24-23(25,26)20-18(15-7-2-1-3-8-15)13-19(30-20)22-27-21(28-29-22)17-12-6-10-14-9-4-5-11-16(14)17;21-20(22,23)17-13(11-5-2-1-3-6-11)9-15(29-17)19-26-18(27-28-19)12-7-4-8-14-16(12)25-10-24-14;1-3-24-15-9-8-12(10-16(15)25-4-2)19-22-18(23-26-19)13-6-5-7-14-17(13)21-11-20-14/h5-8,11,14,17,21,29H,3-4,9-10,12-13,15H2,1-2H3;1-13H;1-10H,(H,24,25);5-11H,3-4H2,1-2H3,(H,20,21)/t17-,21?;;;/m1.../s1. The number of fused-ring (bicyclic) bond motifs is 4. The molecule has 2 aliphatic rings. The fourth-order valence-corrected chi connectivity index (χ4v) is 16.1. The molecule has 19 rings (SSSR count). The number of aliphatic hydroxyl groups excluding tert-OH is 1. The zero-order valence-electron chi connectivity index (χ0n) is 63.0. The highest BCUT2D eigenvalue weighted by Crippen LogP contribution is 2.49. The summed E-state index contributed by atoms with van der Waals surface area (Å²) in [6, 6.07) is 62.5. The molecule has 3 N–H and O–H groups in total. The summed E-state index contributed by atoms with van der Waals surface area (Å²) in [5.74, 6) is 5.39. The number of nitrogens with zero attached hydrogens (tertiary/aromatic N) is 11. The van der Waals surface area contributed by atoms with Crippen molar-refractivity contribution in [3.8, 4) is 135 Å². The van der Waals surface area contributed by atoms with Crippen LogP contribution in [0.1, 0.15) is 67.5 Å². The summed E-state index contributed by atoms with van der Waals surface area (Å²) < 4.78 is 126. The minimum atomic E-state index is -4.49. The molecule has 1 fully saturated rings. The third kappa shape index (κ3) is 16.8. The van der Waals surface area contributed by atoms with Crippen LogP contribution in [0.2, 0.25) is 0 Å². The molecule has 0 bridgehead atoms. The van der Waals surface area contributed by atoms with Crippen molar-refractivity contribution in [1.82, 2.24) is 65.4 Å². The van der Waals surface area contributed by atoms with Crippen molar-refractivity contribution >= 4 is 55.5 Å². The third-order valence-electron chi connectivity index (χ3n) is 19.4. The number of hydrogen-bond acceptors (Lipinski definition) is 22. The van der Waals surface area contributed by atoms with E-state index in [2.05, 4.69) is 78.6 Å². The highest BCUT2D eigenvalue weighted by atomic mass is 32.1. The van der Waals surface area contributed by atoms with Crippen LogP contribution in [0.4, 0.5) is 26.3 Å². The number of hydrogen-bond donors (Lipinski definition) is 3. The number of alkyl halides is 6. The molecule has 17 aromatic rings. The monoisotopic (exact) mass is 1620 g/mol. The Morgan fingerprint density at radius 3 is 1.36 bits per heavy atom. The Bertz CT molecular complexity index is 6290. The maximum atomic E-state index is 13.7. The smallest absolute Gasteiger partial charge is 0.426 e. The highest BCUT2D eigenvalue weighted by Gasteiger charge is 2.40. The Kier molecular flexibility index (Phi) is 22.7. The average molecular weight is 1620 g/mol. The average Bonchev–Trinajstić information content (AvgIpc) is 1.64. The number of halogens is 6. The molecule has 0 radical (unpaired) electrons. The minimum Gasteiger partial charge on any atom is -0.490 e. The maximum Gasteiger partial charge on any atom is 0.426 e. The quantitative estimate of drug-likeness (QED) is 0.0635. The van der Waals surface area contributed by atoms with Crippen molar-refractivity contribution in [2.75, 3.05) is 39.5 Å². The van der Waals surface area contributed by atoms with E-state index in [1.165, 1.54) is 23.3 Å². The van der Waals surface area contributed by atoms with Crippen LogP contribution in [0.15, 0.2) is 237 Å². The van der Waals surface area contributed by atoms with Gasteiger partial charge in [0.2, 0.25) is 23.3 Å². The van der Waals surface area contributed by atoms with E-state index in [0.717, 1.165) is 87.5 Å². The molecule has 22 nitrogen and oxygen atoms in total. The summed E-state index contributed by atoms with van der Waals surface area (Å²) >= 11 is 1.19. The third-order valence-corrected chi connectivity index (χ3v) is 21.7. The van der Waals surface area contributed by atoms with Gasteiger partial charge in [-0.1, -0.05) is 154 Å². The van der Waals surface area contributed by atoms with Crippen molar-refractivity contribution in [2.24, 2.45) is 0 Å². The molecule has 2 atom stereocenters. The van der Waals surface area contributed by atoms with E-state index in [4.69, 9.17) is 42.0 Å². The topological polar surface area (TPSA) is 273 Å². The zero-order chi connectivity index (χ0) is 80.7. The molecule has 9 aromatic carbocycles. The molecule has 8 aromatic heterocycles. The van der Waals surface area contributed by atoms with E-state index in [0.29, 0.717) is 130 Å². The van der Waals surface area contributed by atoms with Gasteiger partial charge in [-0.2, -0.15) is 46.3 Å². The van der Waals surface area contributed by atoms with Crippen molar-refractivity contribution in [3.05, 3.63) is 240 Å². The van der Waals surface area contributed by atoms with Crippen LogP contribution in [0.25, 0.3) is 145 Å². The Morgan fingerprint density at radius 2 is 0.863 bits per heavy atom. The molecule has 592 valence electrons. The van der Waals surface area contributed by atoms with Crippen LogP contribution in [0.5, 0.6) is 23.0 Å². The molecule has 0 saturated carbocycles. The fraction of sp³-hybridized carbons (Fsp3) is 0.195. The van der Waals surface area contributed by atoms with Crippen molar-refractivity contribution in [1.29, 1.82) is 0 Å². The number of imidazole rings is 2. The van der Waals surface area contributed by atoms with Crippen molar-refractivity contribution < 1.29 is 68.5 Å². The van der Waals surface area contributed by atoms with E-state index in [-0.39, 0.29) is 44.6 Å². The number of benzene rings is 9. The summed E-state index contributed by atoms with van der Waals surface area (Å²) in [5, 5.41) is 28.3. The predicted molar refractivity (Wildman–Crippen MR) is 432 cm³/mol. The van der Waals surface area contributed by atoms with Gasteiger partial charge in [-0.3, -0.25) is 4.90 Å². The van der Waals surface area contributed by atoms with Crippen LogP contribution in [-0.2, 0) is 18.8 Å². The number of H-pyrrole nitrogens is 2. The number of para-hydroxylation sites is 2. The van der Waals surface area contributed by atoms with Crippen LogP contribution in [0, 0.1) is 0 Å². The maximum absolute atomic E-state index is 13.7. The number of likely N-dealkylation sites (tertiary alicyclic amines) is 1. The number of thiophene rings is 2. The van der Waals surface area contributed by atoms with Gasteiger partial charge >= 0.3 is 12.4 Å². The van der Waals surface area contributed by atoms with Gasteiger partial charge in [0.05, 0.1) is 88.1 Å². The molecule has 1 unspecified atom stereocenters. The predicted octanol–water partition coefficient (Wildman–Crippen LogP) is 21.7. The van der Waals surface area contributed by atoms with Crippen molar-refractivity contribution in [2.45, 2.75) is 71.5 Å². The summed E-state index contributed by atoms with van der Waals surface area (Å²) in [4.78, 5) is 34.2. The van der Waals surface area contributed by atoms with Gasteiger partial charge in [0.25, 0.3) is 23.6 Å². The molecule has 1 saturated heterocycles. The van der Waals surface area contributed by atoms with Gasteiger partial charge in [0.1, 0.15) is 9.75 Å². The van der Waals surface area contributed by atoms with Crippen LogP contribution < -0.4 is 18.9 Å². The molecule has 0 spiro atoms. The highest BCUT2D eigenvalue weighted by molar-refractivity contribution is 7.16. The van der Waals surface area contributed by atoms with E-state index in [1.54, 1.807) is 79.4 Å². The molecular weight excluding hydrogens is 1550 g/mol. The number of aromatic nitrogens is 12. The van der Waals surface area contributed by atoms with E-state index in [1.807, 2.05) is 137 Å². The summed E-state index contributed by atoms with van der Waals surface area (Å²) in [6.07, 6.45) is -3.09. The zero-order valence-corrected chi connectivity index (χ0v) is 64.7. The molecule has 1 aliphatic carbocycles. The number of aromatic amines is 2. The van der Waals surface area contributed by atoms with Crippen LogP contribution in [-0.4, -0.2) is 116 Å². The Labute approximate surface area is 671 Å². The normalized spacial score (nSPS) is 14.0. The second-order valence-electron chi connectivity index (χ2n) is 26.8. The van der Waals surface area contributed by atoms with Crippen molar-refractivity contribution in [3.63, 3.8) is 0 Å². The van der Waals surface area contributed by atoms with Gasteiger partial charge in [0.15, 0.2) is 23.0 Å². The number of nitrogens with one attached hydrogen (secondary N) is 2. The van der Waals surface area contributed by atoms with Crippen LogP contribution >= 0.6 is 22.7 Å². The largest absolute Gasteiger partial charge is 0.490 e. The Morgan fingerprint density at radius 1 is 0.436 bits per heavy atom. The molecular formula is C87H71F6N13O9S2. The molecule has 30 heteroatoms. The SMILES string of the molecule is CCOc1ccc(-c2nc(-c3cccc4[nH]cnc34)no2)cc1OCC.CCOc1ccc(-c2nc(-c3cccc4c3CCC4N3CC[C@@H](O)C3)no2)cc1OCC.FC(F)(F)c1sc(-c2nc(-c3cccc4[nH]cnc34)no2)cc1-c1ccccc1.FC(F)(F)c1sc(-c2nc(-c3cccc4ccccc34)no2)cc1-c1ccccc1. The number of β-amino-alcohol motifs (C(OH)–C–C–N with tert-alkyl or cyclic N) is 1. The molecule has 117 heavy (non-hydrogen) atoms. The first-order valence-electron chi connectivity index (χ1n) is 37.5. The minimum absolute atomic E-state index is 0.0326. The van der Waals surface area contributed by atoms with Gasteiger partial charge in [-0.15, -0.1) is 22.7 Å². The van der Waals surface area contributed by atoms with E-state index in [9.17, 15) is 31.4 Å². The number of rotatable bonds is 19. The van der Waals surface area contributed by atoms with Gasteiger partial charge in [0, 0.05) is 52.5 Å². The molecule has 1 aliphatic heterocycles. The first kappa shape index (κ1) is 77.8. The lowest BCUT2D eigenvalue weighted by Gasteiger charge is -2.24. The lowest BCUT2D eigenvalue weighted by molar-refractivity contribution is -0.134. The van der Waals surface area contributed by atoms with Gasteiger partial charge in [-0.05, 0) is 153 Å².